The number of benzene rings is 1. The fourth-order valence-corrected chi connectivity index (χ4v) is 3.58. The number of nitrogens with zero attached hydrogens (tertiary/aromatic N) is 1. The molecule has 0 aliphatic carbocycles. The molecule has 2 fully saturated rings. The quantitative estimate of drug-likeness (QED) is 0.904. The van der Waals surface area contributed by atoms with Gasteiger partial charge in [0.1, 0.15) is 0 Å². The standard InChI is InChI=1S/C18H25ClN2O3/c1-12-15(19)6-3-7-16(12)20-17(22)13(2)21-8-4-5-14(11-21)18-23-9-10-24-18/h3,6-7,13-14,18H,4-5,8-11H2,1-2H3,(H,20,22)/t13-,14+/m0/s1. The van der Waals surface area contributed by atoms with Crippen LogP contribution in [0.15, 0.2) is 18.2 Å². The lowest BCUT2D eigenvalue weighted by atomic mass is 9.96. The second-order valence-corrected chi connectivity index (χ2v) is 6.99. The van der Waals surface area contributed by atoms with Gasteiger partial charge >= 0.3 is 0 Å². The minimum Gasteiger partial charge on any atom is -0.350 e. The van der Waals surface area contributed by atoms with Gasteiger partial charge in [0.2, 0.25) is 5.91 Å². The topological polar surface area (TPSA) is 50.8 Å². The van der Waals surface area contributed by atoms with Gasteiger partial charge in [-0.2, -0.15) is 0 Å². The lowest BCUT2D eigenvalue weighted by Crippen LogP contribution is -2.49. The van der Waals surface area contributed by atoms with Gasteiger partial charge in [-0.25, -0.2) is 0 Å². The SMILES string of the molecule is Cc1c(Cl)cccc1NC(=O)[C@H](C)N1CCC[C@@H](C2OCCO2)C1. The number of hydrogen-bond donors (Lipinski definition) is 1. The predicted octanol–water partition coefficient (Wildman–Crippen LogP) is 3.06. The fourth-order valence-electron chi connectivity index (χ4n) is 3.41. The second-order valence-electron chi connectivity index (χ2n) is 6.58. The van der Waals surface area contributed by atoms with Crippen LogP contribution in [-0.2, 0) is 14.3 Å². The summed E-state index contributed by atoms with van der Waals surface area (Å²) in [4.78, 5) is 14.9. The predicted molar refractivity (Wildman–Crippen MR) is 94.3 cm³/mol. The fraction of sp³-hybridized carbons (Fsp3) is 0.611. The van der Waals surface area contributed by atoms with E-state index in [4.69, 9.17) is 21.1 Å². The monoisotopic (exact) mass is 352 g/mol. The van der Waals surface area contributed by atoms with Crippen LogP contribution in [0.4, 0.5) is 5.69 Å². The molecule has 2 saturated heterocycles. The molecule has 2 heterocycles. The molecular weight excluding hydrogens is 328 g/mol. The summed E-state index contributed by atoms with van der Waals surface area (Å²) in [6.07, 6.45) is 2.03. The summed E-state index contributed by atoms with van der Waals surface area (Å²) in [5.41, 5.74) is 1.67. The van der Waals surface area contributed by atoms with Crippen LogP contribution in [-0.4, -0.2) is 49.4 Å². The van der Waals surface area contributed by atoms with Crippen molar-refractivity contribution < 1.29 is 14.3 Å². The van der Waals surface area contributed by atoms with Crippen molar-refractivity contribution >= 4 is 23.2 Å². The molecule has 2 atom stereocenters. The van der Waals surface area contributed by atoms with E-state index >= 15 is 0 Å². The first-order valence-corrected chi connectivity index (χ1v) is 8.97. The van der Waals surface area contributed by atoms with Crippen molar-refractivity contribution in [3.63, 3.8) is 0 Å². The number of halogens is 1. The molecule has 1 aromatic carbocycles. The van der Waals surface area contributed by atoms with Gasteiger partial charge < -0.3 is 14.8 Å². The second kappa shape index (κ2) is 7.83. The zero-order valence-corrected chi connectivity index (χ0v) is 15.0. The highest BCUT2D eigenvalue weighted by Gasteiger charge is 2.34. The summed E-state index contributed by atoms with van der Waals surface area (Å²) in [6.45, 7) is 6.96. The number of carbonyl (C=O) groups excluding carboxylic acids is 1. The molecular formula is C18H25ClN2O3. The first-order valence-electron chi connectivity index (χ1n) is 8.59. The Labute approximate surface area is 148 Å². The van der Waals surface area contributed by atoms with Gasteiger partial charge in [0.05, 0.1) is 19.3 Å². The van der Waals surface area contributed by atoms with Crippen LogP contribution >= 0.6 is 11.6 Å². The first kappa shape index (κ1) is 17.7. The molecule has 1 aromatic rings. The van der Waals surface area contributed by atoms with E-state index in [9.17, 15) is 4.79 Å². The maximum atomic E-state index is 12.6. The highest BCUT2D eigenvalue weighted by molar-refractivity contribution is 6.31. The average Bonchev–Trinajstić information content (AvgIpc) is 3.13. The third-order valence-corrected chi connectivity index (χ3v) is 5.38. The molecule has 2 aliphatic heterocycles. The minimum atomic E-state index is -0.201. The van der Waals surface area contributed by atoms with Crippen molar-refractivity contribution in [3.05, 3.63) is 28.8 Å². The van der Waals surface area contributed by atoms with Crippen LogP contribution in [0.2, 0.25) is 5.02 Å². The molecule has 6 heteroatoms. The van der Waals surface area contributed by atoms with Gasteiger partial charge in [-0.1, -0.05) is 17.7 Å². The molecule has 0 unspecified atom stereocenters. The number of nitrogens with one attached hydrogen (secondary N) is 1. The van der Waals surface area contributed by atoms with Gasteiger partial charge in [0.25, 0.3) is 0 Å². The summed E-state index contributed by atoms with van der Waals surface area (Å²) in [5.74, 6) is 0.332. The number of rotatable bonds is 4. The summed E-state index contributed by atoms with van der Waals surface area (Å²) in [6, 6.07) is 5.35. The molecule has 0 saturated carbocycles. The van der Waals surface area contributed by atoms with Crippen molar-refractivity contribution in [1.82, 2.24) is 4.90 Å². The van der Waals surface area contributed by atoms with Crippen molar-refractivity contribution in [2.75, 3.05) is 31.6 Å². The highest BCUT2D eigenvalue weighted by Crippen LogP contribution is 2.27. The van der Waals surface area contributed by atoms with E-state index < -0.39 is 0 Å². The van der Waals surface area contributed by atoms with Crippen LogP contribution in [0.1, 0.15) is 25.3 Å². The molecule has 0 radical (unpaired) electrons. The van der Waals surface area contributed by atoms with E-state index in [-0.39, 0.29) is 18.2 Å². The summed E-state index contributed by atoms with van der Waals surface area (Å²) in [5, 5.41) is 3.67. The number of ether oxygens (including phenoxy) is 2. The Bertz CT molecular complexity index is 590. The lowest BCUT2D eigenvalue weighted by Gasteiger charge is -2.37. The summed E-state index contributed by atoms with van der Waals surface area (Å²) in [7, 11) is 0. The van der Waals surface area contributed by atoms with Gasteiger partial charge in [-0.05, 0) is 50.9 Å². The van der Waals surface area contributed by atoms with E-state index in [0.29, 0.717) is 24.2 Å². The van der Waals surface area contributed by atoms with Gasteiger partial charge in [0, 0.05) is 23.2 Å². The Kier molecular flexibility index (Phi) is 5.76. The number of amides is 1. The smallest absolute Gasteiger partial charge is 0.241 e. The van der Waals surface area contributed by atoms with Crippen LogP contribution in [0, 0.1) is 12.8 Å². The number of hydrogen-bond acceptors (Lipinski definition) is 4. The van der Waals surface area contributed by atoms with E-state index in [0.717, 1.165) is 37.2 Å². The van der Waals surface area contributed by atoms with Gasteiger partial charge in [-0.15, -0.1) is 0 Å². The zero-order valence-electron chi connectivity index (χ0n) is 14.3. The highest BCUT2D eigenvalue weighted by atomic mass is 35.5. The normalized spacial score (nSPS) is 24.0. The third kappa shape index (κ3) is 3.91. The first-order chi connectivity index (χ1) is 11.6. The Balaban J connectivity index is 1.61. The number of carbonyl (C=O) groups is 1. The minimum absolute atomic E-state index is 0.00530. The summed E-state index contributed by atoms with van der Waals surface area (Å²) < 4.78 is 11.3. The molecule has 1 N–H and O–H groups in total. The molecule has 24 heavy (non-hydrogen) atoms. The van der Waals surface area contributed by atoms with E-state index in [2.05, 4.69) is 10.2 Å². The Hall–Kier alpha value is -1.14. The van der Waals surface area contributed by atoms with Crippen LogP contribution in [0.5, 0.6) is 0 Å². The van der Waals surface area contributed by atoms with Crippen LogP contribution < -0.4 is 5.32 Å². The van der Waals surface area contributed by atoms with E-state index in [1.165, 1.54) is 0 Å². The number of anilines is 1. The lowest BCUT2D eigenvalue weighted by molar-refractivity contribution is -0.126. The number of piperidine rings is 1. The Morgan fingerprint density at radius 1 is 1.38 bits per heavy atom. The number of likely N-dealkylation sites (tertiary alicyclic amines) is 1. The molecule has 0 spiro atoms. The Morgan fingerprint density at radius 3 is 2.88 bits per heavy atom. The van der Waals surface area contributed by atoms with Crippen molar-refractivity contribution in [2.45, 2.75) is 39.0 Å². The van der Waals surface area contributed by atoms with E-state index in [1.54, 1.807) is 0 Å². The maximum Gasteiger partial charge on any atom is 0.241 e. The van der Waals surface area contributed by atoms with Crippen LogP contribution in [0.3, 0.4) is 0 Å². The summed E-state index contributed by atoms with van der Waals surface area (Å²) >= 11 is 6.13. The van der Waals surface area contributed by atoms with Crippen molar-refractivity contribution in [2.24, 2.45) is 5.92 Å². The average molecular weight is 353 g/mol. The van der Waals surface area contributed by atoms with Crippen molar-refractivity contribution in [3.8, 4) is 0 Å². The molecule has 2 aliphatic rings. The molecule has 132 valence electrons. The van der Waals surface area contributed by atoms with Gasteiger partial charge in [-0.3, -0.25) is 9.69 Å². The molecule has 0 aromatic heterocycles. The van der Waals surface area contributed by atoms with Crippen LogP contribution in [0.25, 0.3) is 0 Å². The van der Waals surface area contributed by atoms with E-state index in [1.807, 2.05) is 32.0 Å². The molecule has 0 bridgehead atoms. The largest absolute Gasteiger partial charge is 0.350 e. The molecule has 3 rings (SSSR count). The van der Waals surface area contributed by atoms with Crippen molar-refractivity contribution in [1.29, 1.82) is 0 Å². The molecule has 5 nitrogen and oxygen atoms in total. The maximum absolute atomic E-state index is 12.6. The molecule has 1 amide bonds. The Morgan fingerprint density at radius 2 is 2.12 bits per heavy atom. The van der Waals surface area contributed by atoms with Gasteiger partial charge in [0.15, 0.2) is 6.29 Å². The zero-order chi connectivity index (χ0) is 17.1. The third-order valence-electron chi connectivity index (χ3n) is 4.97.